The predicted molar refractivity (Wildman–Crippen MR) is 74.5 cm³/mol. The van der Waals surface area contributed by atoms with Crippen molar-refractivity contribution in [1.82, 2.24) is 23.9 Å². The highest BCUT2D eigenvalue weighted by atomic mass is 32.2. The molecule has 98 valence electrons. The highest BCUT2D eigenvalue weighted by Crippen LogP contribution is 2.28. The zero-order valence-electron chi connectivity index (χ0n) is 10.7. The molecule has 0 aliphatic heterocycles. The molecule has 3 heterocycles. The molecule has 19 heavy (non-hydrogen) atoms. The number of nitrogens with zero attached hydrogens (tertiary/aromatic N) is 5. The second kappa shape index (κ2) is 4.93. The van der Waals surface area contributed by atoms with Crippen LogP contribution < -0.4 is 5.32 Å². The largest absolute Gasteiger partial charge is 0.369 e. The van der Waals surface area contributed by atoms with Crippen LogP contribution in [0, 0.1) is 0 Å². The summed E-state index contributed by atoms with van der Waals surface area (Å²) in [6, 6.07) is 0. The molecule has 3 aromatic heterocycles. The Hall–Kier alpha value is -2.02. The van der Waals surface area contributed by atoms with Crippen LogP contribution in [0.2, 0.25) is 0 Å². The molecule has 0 radical (unpaired) electrons. The summed E-state index contributed by atoms with van der Waals surface area (Å²) in [4.78, 5) is 13.2. The highest BCUT2D eigenvalue weighted by Gasteiger charge is 2.11. The van der Waals surface area contributed by atoms with E-state index < -0.39 is 0 Å². The van der Waals surface area contributed by atoms with Crippen LogP contribution in [0.5, 0.6) is 0 Å². The molecule has 3 rings (SSSR count). The van der Waals surface area contributed by atoms with E-state index in [0.29, 0.717) is 0 Å². The SMILES string of the molecule is CCNc1cn2ccnc2c(Sc2nccn2C)n1. The quantitative estimate of drug-likeness (QED) is 0.789. The summed E-state index contributed by atoms with van der Waals surface area (Å²) in [6.07, 6.45) is 9.32. The molecule has 0 atom stereocenters. The molecular formula is C12H14N6S. The van der Waals surface area contributed by atoms with Crippen molar-refractivity contribution in [3.8, 4) is 0 Å². The fourth-order valence-corrected chi connectivity index (χ4v) is 2.66. The first-order chi connectivity index (χ1) is 9.28. The van der Waals surface area contributed by atoms with Crippen LogP contribution in [0.25, 0.3) is 5.65 Å². The fraction of sp³-hybridized carbons (Fsp3) is 0.250. The molecule has 6 nitrogen and oxygen atoms in total. The first kappa shape index (κ1) is 12.0. The zero-order valence-corrected chi connectivity index (χ0v) is 11.6. The average molecular weight is 274 g/mol. The van der Waals surface area contributed by atoms with Crippen molar-refractivity contribution in [2.75, 3.05) is 11.9 Å². The van der Waals surface area contributed by atoms with E-state index in [0.717, 1.165) is 28.2 Å². The Kier molecular flexibility index (Phi) is 3.12. The van der Waals surface area contributed by atoms with E-state index >= 15 is 0 Å². The molecule has 0 fully saturated rings. The second-order valence-electron chi connectivity index (χ2n) is 4.04. The van der Waals surface area contributed by atoms with Crippen LogP contribution in [-0.2, 0) is 7.05 Å². The van der Waals surface area contributed by atoms with Crippen molar-refractivity contribution in [3.63, 3.8) is 0 Å². The Labute approximate surface area is 114 Å². The van der Waals surface area contributed by atoms with E-state index in [4.69, 9.17) is 0 Å². The molecule has 0 saturated heterocycles. The monoisotopic (exact) mass is 274 g/mol. The molecule has 3 aromatic rings. The molecule has 0 aromatic carbocycles. The number of aryl methyl sites for hydroxylation is 1. The van der Waals surface area contributed by atoms with E-state index in [1.165, 1.54) is 11.8 Å². The first-order valence-electron chi connectivity index (χ1n) is 6.00. The predicted octanol–water partition coefficient (Wildman–Crippen LogP) is 2.05. The van der Waals surface area contributed by atoms with Gasteiger partial charge in [-0.1, -0.05) is 0 Å². The minimum atomic E-state index is 0.833. The highest BCUT2D eigenvalue weighted by molar-refractivity contribution is 7.99. The minimum absolute atomic E-state index is 0.833. The van der Waals surface area contributed by atoms with Gasteiger partial charge in [0.25, 0.3) is 0 Å². The Bertz CT molecular complexity index is 701. The Balaban J connectivity index is 2.05. The van der Waals surface area contributed by atoms with Crippen LogP contribution in [0.3, 0.4) is 0 Å². The van der Waals surface area contributed by atoms with Crippen molar-refractivity contribution < 1.29 is 0 Å². The van der Waals surface area contributed by atoms with Crippen LogP contribution in [0.4, 0.5) is 5.82 Å². The van der Waals surface area contributed by atoms with Gasteiger partial charge < -0.3 is 14.3 Å². The second-order valence-corrected chi connectivity index (χ2v) is 5.00. The fourth-order valence-electron chi connectivity index (χ4n) is 1.77. The molecule has 0 saturated carbocycles. The van der Waals surface area contributed by atoms with Crippen LogP contribution in [0.1, 0.15) is 6.92 Å². The van der Waals surface area contributed by atoms with Gasteiger partial charge in [0.2, 0.25) is 0 Å². The van der Waals surface area contributed by atoms with Crippen molar-refractivity contribution in [2.24, 2.45) is 7.05 Å². The Morgan fingerprint density at radius 2 is 2.11 bits per heavy atom. The summed E-state index contributed by atoms with van der Waals surface area (Å²) in [5.41, 5.74) is 0.842. The third-order valence-corrected chi connectivity index (χ3v) is 3.71. The maximum atomic E-state index is 4.59. The summed E-state index contributed by atoms with van der Waals surface area (Å²) in [7, 11) is 1.96. The van der Waals surface area contributed by atoms with Crippen molar-refractivity contribution in [3.05, 3.63) is 31.0 Å². The first-order valence-corrected chi connectivity index (χ1v) is 6.82. The van der Waals surface area contributed by atoms with Gasteiger partial charge in [-0.2, -0.15) is 0 Å². The third-order valence-electron chi connectivity index (χ3n) is 2.67. The minimum Gasteiger partial charge on any atom is -0.369 e. The van der Waals surface area contributed by atoms with E-state index in [-0.39, 0.29) is 0 Å². The van der Waals surface area contributed by atoms with E-state index in [1.54, 1.807) is 12.4 Å². The van der Waals surface area contributed by atoms with Gasteiger partial charge in [-0.15, -0.1) is 0 Å². The summed E-state index contributed by atoms with van der Waals surface area (Å²) in [5.74, 6) is 0.838. The third kappa shape index (κ3) is 2.28. The molecule has 1 N–H and O–H groups in total. The van der Waals surface area contributed by atoms with Crippen LogP contribution in [-0.4, -0.2) is 30.5 Å². The number of aromatic nitrogens is 5. The van der Waals surface area contributed by atoms with Crippen molar-refractivity contribution in [2.45, 2.75) is 17.1 Å². The smallest absolute Gasteiger partial charge is 0.174 e. The molecule has 0 aliphatic carbocycles. The van der Waals surface area contributed by atoms with E-state index in [9.17, 15) is 0 Å². The van der Waals surface area contributed by atoms with Gasteiger partial charge in [-0.05, 0) is 18.7 Å². The lowest BCUT2D eigenvalue weighted by Crippen LogP contribution is -2.03. The van der Waals surface area contributed by atoms with Gasteiger partial charge in [0.05, 0.1) is 6.20 Å². The van der Waals surface area contributed by atoms with Crippen LogP contribution in [0.15, 0.2) is 41.2 Å². The van der Waals surface area contributed by atoms with Gasteiger partial charge >= 0.3 is 0 Å². The number of imidazole rings is 2. The molecule has 0 aliphatic rings. The molecule has 7 heteroatoms. The average Bonchev–Trinajstić information content (AvgIpc) is 3.00. The van der Waals surface area contributed by atoms with E-state index in [2.05, 4.69) is 20.3 Å². The maximum Gasteiger partial charge on any atom is 0.174 e. The molecular weight excluding hydrogens is 260 g/mol. The normalized spacial score (nSPS) is 11.1. The maximum absolute atomic E-state index is 4.59. The summed E-state index contributed by atoms with van der Waals surface area (Å²) in [6.45, 7) is 2.88. The van der Waals surface area contributed by atoms with Crippen molar-refractivity contribution in [1.29, 1.82) is 0 Å². The Morgan fingerprint density at radius 1 is 1.26 bits per heavy atom. The molecule has 0 unspecified atom stereocenters. The molecule has 0 bridgehead atoms. The van der Waals surface area contributed by atoms with Gasteiger partial charge in [-0.3, -0.25) is 0 Å². The lowest BCUT2D eigenvalue weighted by molar-refractivity contribution is 0.788. The number of fused-ring (bicyclic) bond motifs is 1. The Morgan fingerprint density at radius 3 is 2.84 bits per heavy atom. The number of hydrogen-bond acceptors (Lipinski definition) is 5. The number of nitrogens with one attached hydrogen (secondary N) is 1. The van der Waals surface area contributed by atoms with Gasteiger partial charge in [0.15, 0.2) is 10.8 Å². The topological polar surface area (TPSA) is 60.0 Å². The zero-order chi connectivity index (χ0) is 13.2. The van der Waals surface area contributed by atoms with Gasteiger partial charge in [-0.25, -0.2) is 15.0 Å². The molecule has 0 spiro atoms. The number of anilines is 1. The van der Waals surface area contributed by atoms with Gasteiger partial charge in [0.1, 0.15) is 10.8 Å². The van der Waals surface area contributed by atoms with Gasteiger partial charge in [0, 0.05) is 38.4 Å². The van der Waals surface area contributed by atoms with Crippen LogP contribution >= 0.6 is 11.8 Å². The van der Waals surface area contributed by atoms with E-state index in [1.807, 2.05) is 41.5 Å². The molecule has 0 amide bonds. The number of rotatable bonds is 4. The standard InChI is InChI=1S/C12H14N6S/c1-3-13-9-8-18-7-5-14-10(18)11(16-9)19-12-15-4-6-17(12)2/h4-8,13H,3H2,1-2H3. The number of hydrogen-bond donors (Lipinski definition) is 1. The summed E-state index contributed by atoms with van der Waals surface area (Å²) in [5, 5.41) is 4.96. The summed E-state index contributed by atoms with van der Waals surface area (Å²) < 4.78 is 3.93. The lowest BCUT2D eigenvalue weighted by atomic mass is 10.6. The lowest BCUT2D eigenvalue weighted by Gasteiger charge is -2.07. The summed E-state index contributed by atoms with van der Waals surface area (Å²) >= 11 is 1.51. The van der Waals surface area contributed by atoms with Crippen molar-refractivity contribution >= 4 is 23.2 Å².